The summed E-state index contributed by atoms with van der Waals surface area (Å²) in [6.07, 6.45) is 0. The highest BCUT2D eigenvalue weighted by Gasteiger charge is 2.16. The van der Waals surface area contributed by atoms with Crippen LogP contribution in [0.4, 0.5) is 34.1 Å². The van der Waals surface area contributed by atoms with Gasteiger partial charge in [0.15, 0.2) is 0 Å². The second kappa shape index (κ2) is 13.8. The number of hydrogen-bond donors (Lipinski definition) is 0. The molecule has 0 radical (unpaired) electrons. The van der Waals surface area contributed by atoms with Gasteiger partial charge in [-0.15, -0.1) is 0 Å². The Morgan fingerprint density at radius 1 is 0.320 bits per heavy atom. The largest absolute Gasteiger partial charge is 0.311 e. The highest BCUT2D eigenvalue weighted by molar-refractivity contribution is 7.14. The molecule has 0 bridgehead atoms. The molecule has 240 valence electrons. The fourth-order valence-electron chi connectivity index (χ4n) is 6.16. The van der Waals surface area contributed by atoms with Crippen molar-refractivity contribution in [2.45, 2.75) is 0 Å². The van der Waals surface area contributed by atoms with E-state index in [9.17, 15) is 9.59 Å². The van der Waals surface area contributed by atoms with Crippen molar-refractivity contribution in [3.63, 3.8) is 0 Å². The average molecular weight is 683 g/mol. The second-order valence-electron chi connectivity index (χ2n) is 11.7. The molecule has 6 heteroatoms. The zero-order valence-corrected chi connectivity index (χ0v) is 28.5. The molecule has 0 aliphatic rings. The molecule has 0 N–H and O–H groups in total. The number of rotatable bonds is 8. The molecule has 4 nitrogen and oxygen atoms in total. The first kappa shape index (κ1) is 31.2. The molecule has 0 spiro atoms. The molecule has 0 aliphatic carbocycles. The normalized spacial score (nSPS) is 11.0. The van der Waals surface area contributed by atoms with Crippen LogP contribution in [0.2, 0.25) is 0 Å². The van der Waals surface area contributed by atoms with E-state index < -0.39 is 0 Å². The Balaban J connectivity index is 1.11. The van der Waals surface area contributed by atoms with Gasteiger partial charge >= 0.3 is 0 Å². The van der Waals surface area contributed by atoms with Crippen LogP contribution in [0.25, 0.3) is 31.7 Å². The van der Waals surface area contributed by atoms with Crippen LogP contribution >= 0.6 is 22.7 Å². The Kier molecular flexibility index (Phi) is 8.61. The minimum absolute atomic E-state index is 0.126. The summed E-state index contributed by atoms with van der Waals surface area (Å²) in [6, 6.07) is 60.9. The molecule has 2 aromatic heterocycles. The molecule has 0 fully saturated rings. The smallest absolute Gasteiger partial charge is 0.240 e. The first-order valence-electron chi connectivity index (χ1n) is 16.3. The minimum atomic E-state index is -0.126. The second-order valence-corrected chi connectivity index (χ2v) is 13.8. The molecule has 50 heavy (non-hydrogen) atoms. The molecule has 2 heterocycles. The van der Waals surface area contributed by atoms with Crippen LogP contribution in [-0.2, 0) is 0 Å². The molecule has 0 atom stereocenters. The van der Waals surface area contributed by atoms with E-state index in [1.807, 2.05) is 109 Å². The van der Waals surface area contributed by atoms with Crippen molar-refractivity contribution in [1.82, 2.24) is 0 Å². The third-order valence-electron chi connectivity index (χ3n) is 8.56. The van der Waals surface area contributed by atoms with Gasteiger partial charge in [-0.3, -0.25) is 9.59 Å². The predicted octanol–water partition coefficient (Wildman–Crippen LogP) is 12.0. The maximum absolute atomic E-state index is 13.6. The summed E-state index contributed by atoms with van der Waals surface area (Å²) in [5, 5.41) is 0.903. The van der Waals surface area contributed by atoms with Crippen LogP contribution in [0.3, 0.4) is 0 Å². The Morgan fingerprint density at radius 2 is 0.580 bits per heavy atom. The lowest BCUT2D eigenvalue weighted by atomic mass is 10.1. The Hall–Kier alpha value is -6.08. The van der Waals surface area contributed by atoms with Gasteiger partial charge in [0.2, 0.25) is 9.48 Å². The van der Waals surface area contributed by atoms with E-state index in [4.69, 9.17) is 0 Å². The van der Waals surface area contributed by atoms with Crippen molar-refractivity contribution in [3.8, 4) is 20.9 Å². The van der Waals surface area contributed by atoms with Crippen LogP contribution in [0, 0.1) is 0 Å². The average Bonchev–Trinajstić information content (AvgIpc) is 3.18. The van der Waals surface area contributed by atoms with E-state index in [-0.39, 0.29) is 9.48 Å². The lowest BCUT2D eigenvalue weighted by Crippen LogP contribution is -2.09. The van der Waals surface area contributed by atoms with Crippen molar-refractivity contribution in [2.24, 2.45) is 0 Å². The van der Waals surface area contributed by atoms with Crippen LogP contribution in [-0.4, -0.2) is 0 Å². The van der Waals surface area contributed by atoms with E-state index in [0.29, 0.717) is 10.8 Å². The maximum Gasteiger partial charge on any atom is 0.240 e. The lowest BCUT2D eigenvalue weighted by molar-refractivity contribution is 1.28. The quantitative estimate of drug-likeness (QED) is 0.160. The summed E-state index contributed by atoms with van der Waals surface area (Å²) >= 11 is 2.34. The van der Waals surface area contributed by atoms with Crippen LogP contribution in [0.5, 0.6) is 0 Å². The van der Waals surface area contributed by atoms with Gasteiger partial charge in [-0.1, -0.05) is 120 Å². The van der Waals surface area contributed by atoms with Gasteiger partial charge < -0.3 is 9.80 Å². The molecule has 8 rings (SSSR count). The molecule has 0 unspecified atom stereocenters. The van der Waals surface area contributed by atoms with Crippen LogP contribution in [0.1, 0.15) is 0 Å². The standard InChI is InChI=1S/C44H30N2O2S2/c47-43-40-30-42(32-23-27-38(28-24-32)46(35-17-9-3-10-18-35)36-19-11-4-12-20-36)50-44(48)39(40)29-41(49-43)31-21-25-37(26-22-31)45(33-13-5-1-6-14-33)34-15-7-2-8-16-34/h1-30H. The van der Waals surface area contributed by atoms with Gasteiger partial charge in [0.1, 0.15) is 0 Å². The molecule has 0 saturated carbocycles. The number of hydrogen-bond acceptors (Lipinski definition) is 6. The van der Waals surface area contributed by atoms with Crippen molar-refractivity contribution in [2.75, 3.05) is 9.80 Å². The molecule has 0 aliphatic heterocycles. The zero-order chi connectivity index (χ0) is 33.9. The third kappa shape index (κ3) is 6.26. The number of fused-ring (bicyclic) bond motifs is 1. The van der Waals surface area contributed by atoms with E-state index in [0.717, 1.165) is 55.0 Å². The molecule has 6 aromatic carbocycles. The fraction of sp³-hybridized carbons (Fsp3) is 0. The Bertz CT molecular complexity index is 2240. The van der Waals surface area contributed by atoms with Crippen LogP contribution in [0.15, 0.2) is 192 Å². The van der Waals surface area contributed by atoms with Gasteiger partial charge in [0, 0.05) is 54.7 Å². The Labute approximate surface area is 298 Å². The van der Waals surface area contributed by atoms with Crippen molar-refractivity contribution in [3.05, 3.63) is 201 Å². The van der Waals surface area contributed by atoms with Gasteiger partial charge in [-0.2, -0.15) is 0 Å². The number of para-hydroxylation sites is 4. The third-order valence-corrected chi connectivity index (χ3v) is 10.5. The monoisotopic (exact) mass is 682 g/mol. The van der Waals surface area contributed by atoms with Crippen LogP contribution < -0.4 is 19.3 Å². The van der Waals surface area contributed by atoms with Crippen molar-refractivity contribution in [1.29, 1.82) is 0 Å². The summed E-state index contributed by atoms with van der Waals surface area (Å²) in [4.78, 5) is 33.1. The van der Waals surface area contributed by atoms with E-state index in [2.05, 4.69) is 82.6 Å². The van der Waals surface area contributed by atoms with E-state index >= 15 is 0 Å². The van der Waals surface area contributed by atoms with Gasteiger partial charge in [0.05, 0.1) is 0 Å². The number of nitrogens with zero attached hydrogens (tertiary/aromatic N) is 2. The number of anilines is 6. The molecule has 0 amide bonds. The summed E-state index contributed by atoms with van der Waals surface area (Å²) < 4.78 is -0.252. The topological polar surface area (TPSA) is 40.6 Å². The fourth-order valence-corrected chi connectivity index (χ4v) is 7.98. The maximum atomic E-state index is 13.6. The molecular formula is C44H30N2O2S2. The zero-order valence-electron chi connectivity index (χ0n) is 26.8. The van der Waals surface area contributed by atoms with Gasteiger partial charge in [0.25, 0.3) is 0 Å². The molecular weight excluding hydrogens is 653 g/mol. The summed E-state index contributed by atoms with van der Waals surface area (Å²) in [7, 11) is 0. The first-order chi connectivity index (χ1) is 24.6. The predicted molar refractivity (Wildman–Crippen MR) is 212 cm³/mol. The number of benzene rings is 6. The summed E-state index contributed by atoms with van der Waals surface area (Å²) in [5.41, 5.74) is 7.98. The van der Waals surface area contributed by atoms with Gasteiger partial charge in [-0.05, 0) is 96.1 Å². The summed E-state index contributed by atoms with van der Waals surface area (Å²) in [6.45, 7) is 0. The van der Waals surface area contributed by atoms with Crippen molar-refractivity contribution < 1.29 is 0 Å². The minimum Gasteiger partial charge on any atom is -0.311 e. The van der Waals surface area contributed by atoms with E-state index in [1.54, 1.807) is 0 Å². The van der Waals surface area contributed by atoms with Crippen molar-refractivity contribution >= 4 is 67.6 Å². The summed E-state index contributed by atoms with van der Waals surface area (Å²) in [5.74, 6) is 0. The molecule has 8 aromatic rings. The Morgan fingerprint density at radius 3 is 0.860 bits per heavy atom. The van der Waals surface area contributed by atoms with E-state index in [1.165, 1.54) is 22.7 Å². The SMILES string of the molecule is O=c1sc(-c2ccc(N(c3ccccc3)c3ccccc3)cc2)cc2c(=O)sc(-c3ccc(N(c4ccccc4)c4ccccc4)cc3)cc12. The van der Waals surface area contributed by atoms with Gasteiger partial charge in [-0.25, -0.2) is 0 Å². The first-order valence-corrected chi connectivity index (χ1v) is 17.9. The lowest BCUT2D eigenvalue weighted by Gasteiger charge is -2.25. The molecule has 0 saturated heterocycles. The highest BCUT2D eigenvalue weighted by Crippen LogP contribution is 2.38. The highest BCUT2D eigenvalue weighted by atomic mass is 32.1.